The molecule has 1 N–H and O–H groups in total. The SMILES string of the molecule is COc1cc(Cl)ccc1CNc1cc(C)c([N+](=O)[O-])cn1. The van der Waals surface area contributed by atoms with Crippen LogP contribution in [0.15, 0.2) is 30.5 Å². The van der Waals surface area contributed by atoms with E-state index in [2.05, 4.69) is 10.3 Å². The minimum atomic E-state index is -0.450. The molecule has 0 aliphatic rings. The zero-order valence-electron chi connectivity index (χ0n) is 11.6. The van der Waals surface area contributed by atoms with Crippen LogP contribution in [0.2, 0.25) is 5.02 Å². The van der Waals surface area contributed by atoms with Crippen molar-refractivity contribution in [1.29, 1.82) is 0 Å². The average molecular weight is 308 g/mol. The molecule has 0 amide bonds. The quantitative estimate of drug-likeness (QED) is 0.675. The standard InChI is InChI=1S/C14H14ClN3O3/c1-9-5-14(17-8-12(9)18(19)20)16-7-10-3-4-11(15)6-13(10)21-2/h3-6,8H,7H2,1-2H3,(H,16,17). The number of ether oxygens (including phenoxy) is 1. The minimum absolute atomic E-state index is 0.00428. The third-order valence-electron chi connectivity index (χ3n) is 2.99. The maximum absolute atomic E-state index is 10.7. The molecular weight excluding hydrogens is 294 g/mol. The maximum Gasteiger partial charge on any atom is 0.290 e. The summed E-state index contributed by atoms with van der Waals surface area (Å²) in [6.45, 7) is 2.15. The van der Waals surface area contributed by atoms with E-state index in [4.69, 9.17) is 16.3 Å². The number of aryl methyl sites for hydroxylation is 1. The van der Waals surface area contributed by atoms with Crippen molar-refractivity contribution in [2.45, 2.75) is 13.5 Å². The van der Waals surface area contributed by atoms with E-state index >= 15 is 0 Å². The molecule has 2 rings (SSSR count). The fourth-order valence-electron chi connectivity index (χ4n) is 1.89. The third-order valence-corrected chi connectivity index (χ3v) is 3.22. The van der Waals surface area contributed by atoms with E-state index in [9.17, 15) is 10.1 Å². The predicted molar refractivity (Wildman–Crippen MR) is 81.0 cm³/mol. The number of nitro groups is 1. The van der Waals surface area contributed by atoms with Crippen LogP contribution in [0, 0.1) is 17.0 Å². The van der Waals surface area contributed by atoms with Crippen molar-refractivity contribution < 1.29 is 9.66 Å². The van der Waals surface area contributed by atoms with Crippen molar-refractivity contribution in [3.8, 4) is 5.75 Å². The molecule has 0 atom stereocenters. The predicted octanol–water partition coefficient (Wildman–Crippen LogP) is 3.57. The van der Waals surface area contributed by atoms with Crippen LogP contribution < -0.4 is 10.1 Å². The molecule has 0 bridgehead atoms. The summed E-state index contributed by atoms with van der Waals surface area (Å²) in [4.78, 5) is 14.3. The maximum atomic E-state index is 10.7. The monoisotopic (exact) mass is 307 g/mol. The fourth-order valence-corrected chi connectivity index (χ4v) is 2.05. The molecule has 1 heterocycles. The normalized spacial score (nSPS) is 10.2. The Morgan fingerprint density at radius 1 is 1.43 bits per heavy atom. The van der Waals surface area contributed by atoms with Crippen LogP contribution in [0.1, 0.15) is 11.1 Å². The third kappa shape index (κ3) is 3.61. The summed E-state index contributed by atoms with van der Waals surface area (Å²) in [5.74, 6) is 1.24. The number of rotatable bonds is 5. The molecular formula is C14H14ClN3O3. The number of hydrogen-bond acceptors (Lipinski definition) is 5. The molecule has 0 fully saturated rings. The number of aromatic nitrogens is 1. The Balaban J connectivity index is 2.13. The zero-order valence-corrected chi connectivity index (χ0v) is 12.3. The van der Waals surface area contributed by atoms with Gasteiger partial charge in [0.15, 0.2) is 0 Å². The Kier molecular flexibility index (Phi) is 4.59. The van der Waals surface area contributed by atoms with Gasteiger partial charge in [-0.3, -0.25) is 10.1 Å². The molecule has 0 unspecified atom stereocenters. The van der Waals surface area contributed by atoms with E-state index < -0.39 is 4.92 Å². The number of hydrogen-bond donors (Lipinski definition) is 1. The van der Waals surface area contributed by atoms with E-state index in [-0.39, 0.29) is 5.69 Å². The summed E-state index contributed by atoms with van der Waals surface area (Å²) in [5, 5.41) is 14.4. The molecule has 1 aromatic carbocycles. The Labute approximate surface area is 126 Å². The summed E-state index contributed by atoms with van der Waals surface area (Å²) in [6.07, 6.45) is 1.25. The number of halogens is 1. The summed E-state index contributed by atoms with van der Waals surface area (Å²) in [5.41, 5.74) is 1.48. The molecule has 6 nitrogen and oxygen atoms in total. The van der Waals surface area contributed by atoms with Crippen molar-refractivity contribution in [3.63, 3.8) is 0 Å². The second-order valence-electron chi connectivity index (χ2n) is 4.42. The number of nitrogens with zero attached hydrogens (tertiary/aromatic N) is 2. The van der Waals surface area contributed by atoms with Gasteiger partial charge in [-0.15, -0.1) is 0 Å². The Bertz CT molecular complexity index is 677. The van der Waals surface area contributed by atoms with Gasteiger partial charge in [0.25, 0.3) is 5.69 Å². The van der Waals surface area contributed by atoms with Crippen molar-refractivity contribution in [3.05, 3.63) is 56.7 Å². The van der Waals surface area contributed by atoms with Gasteiger partial charge in [-0.1, -0.05) is 17.7 Å². The Hall–Kier alpha value is -2.34. The van der Waals surface area contributed by atoms with Gasteiger partial charge >= 0.3 is 0 Å². The van der Waals surface area contributed by atoms with Crippen LogP contribution in [-0.2, 0) is 6.54 Å². The summed E-state index contributed by atoms with van der Waals surface area (Å²) in [7, 11) is 1.57. The van der Waals surface area contributed by atoms with Crippen LogP contribution in [0.5, 0.6) is 5.75 Å². The second kappa shape index (κ2) is 6.41. The molecule has 0 radical (unpaired) electrons. The number of nitrogens with one attached hydrogen (secondary N) is 1. The van der Waals surface area contributed by atoms with E-state index in [0.717, 1.165) is 5.56 Å². The molecule has 0 aliphatic heterocycles. The summed E-state index contributed by atoms with van der Waals surface area (Å²) < 4.78 is 5.25. The minimum Gasteiger partial charge on any atom is -0.496 e. The molecule has 0 saturated heterocycles. The number of methoxy groups -OCH3 is 1. The first-order valence-electron chi connectivity index (χ1n) is 6.18. The van der Waals surface area contributed by atoms with E-state index in [0.29, 0.717) is 28.7 Å². The van der Waals surface area contributed by atoms with Gasteiger partial charge in [-0.25, -0.2) is 4.98 Å². The van der Waals surface area contributed by atoms with Gasteiger partial charge in [0, 0.05) is 22.7 Å². The highest BCUT2D eigenvalue weighted by Gasteiger charge is 2.11. The molecule has 2 aromatic rings. The van der Waals surface area contributed by atoms with Crippen molar-refractivity contribution in [2.75, 3.05) is 12.4 Å². The lowest BCUT2D eigenvalue weighted by Crippen LogP contribution is -2.04. The van der Waals surface area contributed by atoms with E-state index in [1.54, 1.807) is 32.2 Å². The molecule has 0 aliphatic carbocycles. The average Bonchev–Trinajstić information content (AvgIpc) is 2.45. The lowest BCUT2D eigenvalue weighted by atomic mass is 10.2. The van der Waals surface area contributed by atoms with E-state index in [1.807, 2.05) is 6.07 Å². The zero-order chi connectivity index (χ0) is 15.4. The topological polar surface area (TPSA) is 77.3 Å². The van der Waals surface area contributed by atoms with Crippen LogP contribution in [0.3, 0.4) is 0 Å². The molecule has 0 spiro atoms. The van der Waals surface area contributed by atoms with Gasteiger partial charge < -0.3 is 10.1 Å². The highest BCUT2D eigenvalue weighted by molar-refractivity contribution is 6.30. The van der Waals surface area contributed by atoms with Crippen molar-refractivity contribution in [1.82, 2.24) is 4.98 Å². The summed E-state index contributed by atoms with van der Waals surface area (Å²) in [6, 6.07) is 7.00. The van der Waals surface area contributed by atoms with Crippen LogP contribution in [-0.4, -0.2) is 17.0 Å². The van der Waals surface area contributed by atoms with E-state index in [1.165, 1.54) is 6.20 Å². The van der Waals surface area contributed by atoms with Crippen LogP contribution >= 0.6 is 11.6 Å². The molecule has 7 heteroatoms. The first kappa shape index (κ1) is 15.1. The van der Waals surface area contributed by atoms with Crippen LogP contribution in [0.4, 0.5) is 11.5 Å². The highest BCUT2D eigenvalue weighted by Crippen LogP contribution is 2.24. The van der Waals surface area contributed by atoms with Gasteiger partial charge in [-0.2, -0.15) is 0 Å². The lowest BCUT2D eigenvalue weighted by Gasteiger charge is -2.10. The first-order chi connectivity index (χ1) is 10.0. The van der Waals surface area contributed by atoms with Gasteiger partial charge in [-0.05, 0) is 25.1 Å². The van der Waals surface area contributed by atoms with Gasteiger partial charge in [0.2, 0.25) is 0 Å². The highest BCUT2D eigenvalue weighted by atomic mass is 35.5. The second-order valence-corrected chi connectivity index (χ2v) is 4.86. The van der Waals surface area contributed by atoms with Crippen LogP contribution in [0.25, 0.3) is 0 Å². The van der Waals surface area contributed by atoms with Gasteiger partial charge in [0.1, 0.15) is 17.8 Å². The number of pyridine rings is 1. The largest absolute Gasteiger partial charge is 0.496 e. The molecule has 110 valence electrons. The van der Waals surface area contributed by atoms with Crippen molar-refractivity contribution >= 4 is 23.1 Å². The molecule has 1 aromatic heterocycles. The molecule has 0 saturated carbocycles. The molecule has 21 heavy (non-hydrogen) atoms. The number of anilines is 1. The Morgan fingerprint density at radius 3 is 2.81 bits per heavy atom. The Morgan fingerprint density at radius 2 is 2.19 bits per heavy atom. The smallest absolute Gasteiger partial charge is 0.290 e. The number of benzene rings is 1. The van der Waals surface area contributed by atoms with Crippen molar-refractivity contribution in [2.24, 2.45) is 0 Å². The fraction of sp³-hybridized carbons (Fsp3) is 0.214. The first-order valence-corrected chi connectivity index (χ1v) is 6.56. The lowest BCUT2D eigenvalue weighted by molar-refractivity contribution is -0.385. The summed E-state index contributed by atoms with van der Waals surface area (Å²) >= 11 is 5.90. The van der Waals surface area contributed by atoms with Gasteiger partial charge in [0.05, 0.1) is 12.0 Å².